The van der Waals surface area contributed by atoms with Crippen molar-refractivity contribution in [1.29, 1.82) is 0 Å². The lowest BCUT2D eigenvalue weighted by molar-refractivity contribution is -0.138. The highest BCUT2D eigenvalue weighted by Crippen LogP contribution is 2.02. The van der Waals surface area contributed by atoms with Gasteiger partial charge in [0.25, 0.3) is 5.91 Å². The molecule has 0 aromatic heterocycles. The maximum Gasteiger partial charge on any atom is 0.317 e. The first-order chi connectivity index (χ1) is 11.3. The molecule has 2 amide bonds. The predicted octanol–water partition coefficient (Wildman–Crippen LogP) is -1.63. The molecule has 1 aliphatic heterocycles. The largest absolute Gasteiger partial charge is 0.480 e. The van der Waals surface area contributed by atoms with Gasteiger partial charge in [0.2, 0.25) is 5.91 Å². The minimum absolute atomic E-state index is 0.0452. The molecule has 1 heterocycles. The van der Waals surface area contributed by atoms with Gasteiger partial charge in [-0.2, -0.15) is 0 Å². The highest BCUT2D eigenvalue weighted by molar-refractivity contribution is 5.78. The number of carbonyl (C=O) groups excluding carboxylic acids is 2. The fourth-order valence-electron chi connectivity index (χ4n) is 2.40. The van der Waals surface area contributed by atoms with E-state index in [4.69, 9.17) is 5.11 Å². The van der Waals surface area contributed by atoms with Crippen LogP contribution in [0, 0.1) is 4.91 Å². The molecule has 1 saturated heterocycles. The van der Waals surface area contributed by atoms with Gasteiger partial charge in [0.15, 0.2) is 0 Å². The molecule has 0 aromatic carbocycles. The fourth-order valence-corrected chi connectivity index (χ4v) is 2.40. The minimum Gasteiger partial charge on any atom is -0.480 e. The summed E-state index contributed by atoms with van der Waals surface area (Å²) >= 11 is 0. The van der Waals surface area contributed by atoms with Crippen LogP contribution in [0.15, 0.2) is 5.18 Å². The number of amides is 2. The van der Waals surface area contributed by atoms with Crippen LogP contribution in [-0.4, -0.2) is 115 Å². The summed E-state index contributed by atoms with van der Waals surface area (Å²) in [5.74, 6) is -1.73. The van der Waals surface area contributed by atoms with Gasteiger partial charge in [0.1, 0.15) is 0 Å². The Hall–Kier alpha value is -1.91. The number of likely N-dealkylation sites (N-methyl/N-ethyl adjacent to an activating group) is 1. The van der Waals surface area contributed by atoms with Crippen molar-refractivity contribution in [3.05, 3.63) is 4.91 Å². The first-order valence-corrected chi connectivity index (χ1v) is 7.77. The van der Waals surface area contributed by atoms with Crippen molar-refractivity contribution >= 4 is 17.8 Å². The summed E-state index contributed by atoms with van der Waals surface area (Å²) < 4.78 is 0. The van der Waals surface area contributed by atoms with Crippen LogP contribution in [0.5, 0.6) is 0 Å². The summed E-state index contributed by atoms with van der Waals surface area (Å²) in [6.45, 7) is 3.07. The molecule has 1 N–H and O–H groups in total. The molecule has 0 unspecified atom stereocenters. The number of carboxylic acids is 1. The van der Waals surface area contributed by atoms with E-state index >= 15 is 0 Å². The fraction of sp³-hybridized carbons (Fsp3) is 0.786. The molecule has 1 fully saturated rings. The van der Waals surface area contributed by atoms with E-state index < -0.39 is 11.9 Å². The monoisotopic (exact) mass is 343 g/mol. The molecule has 0 aromatic rings. The molecule has 1 aliphatic rings. The minimum atomic E-state index is -0.928. The van der Waals surface area contributed by atoms with Gasteiger partial charge in [-0.1, -0.05) is 0 Å². The van der Waals surface area contributed by atoms with Crippen molar-refractivity contribution < 1.29 is 19.5 Å². The standard InChI is InChI=1S/C14H25N5O5/c1-16(2)13(21)10-18-5-3-17(9-12(20)15-24)4-7-19(8-6-18)11-14(22)23/h3-11H2,1-2H3,(H,22,23). The lowest BCUT2D eigenvalue weighted by Crippen LogP contribution is -2.43. The molecule has 136 valence electrons. The lowest BCUT2D eigenvalue weighted by Gasteiger charge is -2.25. The van der Waals surface area contributed by atoms with E-state index in [2.05, 4.69) is 5.18 Å². The van der Waals surface area contributed by atoms with E-state index in [0.717, 1.165) is 0 Å². The topological polar surface area (TPSA) is 114 Å². The van der Waals surface area contributed by atoms with Crippen LogP contribution < -0.4 is 0 Å². The van der Waals surface area contributed by atoms with Crippen LogP contribution in [-0.2, 0) is 14.4 Å². The molecule has 1 rings (SSSR count). The second-order valence-electron chi connectivity index (χ2n) is 6.00. The van der Waals surface area contributed by atoms with Gasteiger partial charge < -0.3 is 10.0 Å². The Balaban J connectivity index is 2.75. The Morgan fingerprint density at radius 1 is 0.875 bits per heavy atom. The summed E-state index contributed by atoms with van der Waals surface area (Å²) in [7, 11) is 3.35. The molecule has 24 heavy (non-hydrogen) atoms. The molecule has 0 radical (unpaired) electrons. The summed E-state index contributed by atoms with van der Waals surface area (Å²) in [5.41, 5.74) is 0. The van der Waals surface area contributed by atoms with Gasteiger partial charge >= 0.3 is 5.97 Å². The SMILES string of the molecule is CN(C)C(=O)CN1CCN(CC(=O)O)CCN(CC(=O)N=O)CC1. The molecule has 0 aliphatic carbocycles. The van der Waals surface area contributed by atoms with Crippen molar-refractivity contribution in [2.45, 2.75) is 0 Å². The summed E-state index contributed by atoms with van der Waals surface area (Å²) in [5, 5.41) is 11.4. The number of nitroso groups, excluding NO2 is 1. The Kier molecular flexibility index (Phi) is 8.44. The van der Waals surface area contributed by atoms with Gasteiger partial charge in [-0.05, 0) is 0 Å². The number of aliphatic carboxylic acids is 1. The van der Waals surface area contributed by atoms with Crippen LogP contribution in [0.3, 0.4) is 0 Å². The van der Waals surface area contributed by atoms with E-state index in [1.54, 1.807) is 23.9 Å². The van der Waals surface area contributed by atoms with Crippen LogP contribution in [0.25, 0.3) is 0 Å². The Bertz CT molecular complexity index is 470. The van der Waals surface area contributed by atoms with Crippen molar-refractivity contribution in [3.63, 3.8) is 0 Å². The Morgan fingerprint density at radius 3 is 1.67 bits per heavy atom. The van der Waals surface area contributed by atoms with E-state index in [9.17, 15) is 19.3 Å². The zero-order valence-electron chi connectivity index (χ0n) is 14.2. The van der Waals surface area contributed by atoms with Crippen molar-refractivity contribution in [1.82, 2.24) is 19.6 Å². The molecule has 0 saturated carbocycles. The maximum atomic E-state index is 11.9. The van der Waals surface area contributed by atoms with Gasteiger partial charge in [0.05, 0.1) is 19.6 Å². The molecule has 0 bridgehead atoms. The zero-order valence-corrected chi connectivity index (χ0v) is 14.2. The van der Waals surface area contributed by atoms with Gasteiger partial charge in [-0.25, -0.2) is 0 Å². The van der Waals surface area contributed by atoms with Crippen molar-refractivity contribution in [2.24, 2.45) is 5.18 Å². The lowest BCUT2D eigenvalue weighted by atomic mass is 10.4. The second-order valence-corrected chi connectivity index (χ2v) is 6.00. The number of hydrogen-bond donors (Lipinski definition) is 1. The highest BCUT2D eigenvalue weighted by atomic mass is 16.4. The van der Waals surface area contributed by atoms with Crippen molar-refractivity contribution in [3.8, 4) is 0 Å². The molecule has 10 heteroatoms. The van der Waals surface area contributed by atoms with Crippen molar-refractivity contribution in [2.75, 3.05) is 73.0 Å². The third-order valence-corrected chi connectivity index (χ3v) is 3.87. The molecular formula is C14H25N5O5. The second kappa shape index (κ2) is 10.1. The van der Waals surface area contributed by atoms with Crippen LogP contribution in [0.4, 0.5) is 0 Å². The van der Waals surface area contributed by atoms with Crippen LogP contribution in [0.2, 0.25) is 0 Å². The smallest absolute Gasteiger partial charge is 0.317 e. The molecule has 10 nitrogen and oxygen atoms in total. The number of rotatable bonds is 6. The Labute approximate surface area is 140 Å². The van der Waals surface area contributed by atoms with E-state index in [0.29, 0.717) is 39.3 Å². The first-order valence-electron chi connectivity index (χ1n) is 7.77. The van der Waals surface area contributed by atoms with Gasteiger partial charge in [-0.3, -0.25) is 29.1 Å². The van der Waals surface area contributed by atoms with E-state index in [-0.39, 0.29) is 25.5 Å². The average molecular weight is 343 g/mol. The van der Waals surface area contributed by atoms with E-state index in [1.807, 2.05) is 4.90 Å². The summed E-state index contributed by atoms with van der Waals surface area (Å²) in [6.07, 6.45) is 0. The molecule has 0 spiro atoms. The normalized spacial score (nSPS) is 18.2. The van der Waals surface area contributed by atoms with Crippen LogP contribution in [0.1, 0.15) is 0 Å². The van der Waals surface area contributed by atoms with E-state index in [1.165, 1.54) is 4.90 Å². The predicted molar refractivity (Wildman–Crippen MR) is 86.5 cm³/mol. The third kappa shape index (κ3) is 7.57. The number of carboxylic acid groups (broad SMARTS) is 1. The highest BCUT2D eigenvalue weighted by Gasteiger charge is 2.21. The summed E-state index contributed by atoms with van der Waals surface area (Å²) in [6, 6.07) is 0. The molecule has 0 atom stereocenters. The quantitative estimate of drug-likeness (QED) is 0.572. The van der Waals surface area contributed by atoms with Gasteiger partial charge in [-0.15, -0.1) is 4.91 Å². The Morgan fingerprint density at radius 2 is 1.29 bits per heavy atom. The number of hydrogen-bond acceptors (Lipinski definition) is 7. The maximum absolute atomic E-state index is 11.9. The third-order valence-electron chi connectivity index (χ3n) is 3.87. The average Bonchev–Trinajstić information content (AvgIpc) is 2.60. The first kappa shape index (κ1) is 20.1. The van der Waals surface area contributed by atoms with Crippen LogP contribution >= 0.6 is 0 Å². The molecular weight excluding hydrogens is 318 g/mol. The summed E-state index contributed by atoms with van der Waals surface area (Å²) in [4.78, 5) is 51.4. The number of carbonyl (C=O) groups is 3. The zero-order chi connectivity index (χ0) is 18.1. The number of nitrogens with zero attached hydrogens (tertiary/aromatic N) is 5. The van der Waals surface area contributed by atoms with Gasteiger partial charge in [0, 0.05) is 58.5 Å².